The van der Waals surface area contributed by atoms with Gasteiger partial charge in [0.25, 0.3) is 0 Å². The highest BCUT2D eigenvalue weighted by Crippen LogP contribution is 2.28. The molecule has 0 saturated heterocycles. The zero-order valence-corrected chi connectivity index (χ0v) is 10.2. The summed E-state index contributed by atoms with van der Waals surface area (Å²) in [4.78, 5) is 21.5. The second kappa shape index (κ2) is 6.17. The first-order valence-corrected chi connectivity index (χ1v) is 5.41. The summed E-state index contributed by atoms with van der Waals surface area (Å²) in [5.74, 6) is -1.90. The van der Waals surface area contributed by atoms with E-state index in [0.29, 0.717) is 5.56 Å². The Labute approximate surface area is 109 Å². The van der Waals surface area contributed by atoms with Gasteiger partial charge in [-0.1, -0.05) is 6.07 Å². The van der Waals surface area contributed by atoms with E-state index < -0.39 is 24.1 Å². The quantitative estimate of drug-likeness (QED) is 0.535. The minimum Gasteiger partial charge on any atom is -0.496 e. The van der Waals surface area contributed by atoms with Crippen LogP contribution in [0.2, 0.25) is 0 Å². The number of carbonyl (C=O) groups is 2. The zero-order chi connectivity index (χ0) is 14.6. The lowest BCUT2D eigenvalue weighted by atomic mass is 9.99. The summed E-state index contributed by atoms with van der Waals surface area (Å²) in [5, 5.41) is 28.0. The van der Waals surface area contributed by atoms with Gasteiger partial charge in [0.15, 0.2) is 6.10 Å². The maximum Gasteiger partial charge on any atom is 0.307 e. The third-order valence-corrected chi connectivity index (χ3v) is 2.56. The first-order chi connectivity index (χ1) is 8.86. The van der Waals surface area contributed by atoms with Crippen LogP contribution in [-0.4, -0.2) is 40.4 Å². The lowest BCUT2D eigenvalue weighted by Crippen LogP contribution is -2.34. The van der Waals surface area contributed by atoms with Crippen LogP contribution in [0.15, 0.2) is 18.2 Å². The van der Waals surface area contributed by atoms with Gasteiger partial charge < -0.3 is 25.8 Å². The van der Waals surface area contributed by atoms with Gasteiger partial charge in [0.1, 0.15) is 11.9 Å². The number of hydrogen-bond acceptors (Lipinski definition) is 5. The Morgan fingerprint density at radius 2 is 2.00 bits per heavy atom. The van der Waals surface area contributed by atoms with Gasteiger partial charge in [0, 0.05) is 5.56 Å². The van der Waals surface area contributed by atoms with Crippen molar-refractivity contribution in [1.29, 1.82) is 0 Å². The lowest BCUT2D eigenvalue weighted by molar-refractivity contribution is -0.136. The molecule has 104 valence electrons. The molecule has 1 rings (SSSR count). The molecule has 1 aromatic rings. The first kappa shape index (κ1) is 14.9. The summed E-state index contributed by atoms with van der Waals surface area (Å²) in [6.45, 7) is 0. The number of carbonyl (C=O) groups excluding carboxylic acids is 1. The second-order valence-electron chi connectivity index (χ2n) is 3.94. The molecule has 0 aliphatic heterocycles. The molecule has 0 radical (unpaired) electrons. The highest BCUT2D eigenvalue weighted by atomic mass is 16.5. The third kappa shape index (κ3) is 3.67. The Kier molecular flexibility index (Phi) is 4.85. The number of carboxylic acid groups (broad SMARTS) is 1. The number of methoxy groups -OCH3 is 1. The van der Waals surface area contributed by atoms with E-state index in [-0.39, 0.29) is 17.7 Å². The van der Waals surface area contributed by atoms with E-state index in [1.54, 1.807) is 0 Å². The van der Waals surface area contributed by atoms with Gasteiger partial charge in [-0.15, -0.1) is 0 Å². The minimum atomic E-state index is -1.80. The molecule has 2 unspecified atom stereocenters. The number of benzene rings is 1. The van der Waals surface area contributed by atoms with Gasteiger partial charge in [0.2, 0.25) is 5.91 Å². The van der Waals surface area contributed by atoms with Crippen LogP contribution < -0.4 is 10.5 Å². The number of aliphatic carboxylic acids is 1. The molecule has 19 heavy (non-hydrogen) atoms. The Bertz CT molecular complexity index is 487. The number of nitrogens with two attached hydrogens (primary N) is 1. The molecule has 0 heterocycles. The molecule has 0 spiro atoms. The van der Waals surface area contributed by atoms with E-state index in [0.717, 1.165) is 0 Å². The van der Waals surface area contributed by atoms with Crippen molar-refractivity contribution < 1.29 is 29.6 Å². The number of primary amides is 1. The van der Waals surface area contributed by atoms with Crippen LogP contribution in [0, 0.1) is 0 Å². The van der Waals surface area contributed by atoms with Crippen LogP contribution in [0.3, 0.4) is 0 Å². The summed E-state index contributed by atoms with van der Waals surface area (Å²) >= 11 is 0. The number of aliphatic hydroxyl groups excluding tert-OH is 2. The summed E-state index contributed by atoms with van der Waals surface area (Å²) < 4.78 is 4.99. The monoisotopic (exact) mass is 269 g/mol. The fraction of sp³-hybridized carbons (Fsp3) is 0.333. The van der Waals surface area contributed by atoms with Crippen LogP contribution in [0.4, 0.5) is 0 Å². The zero-order valence-electron chi connectivity index (χ0n) is 10.2. The van der Waals surface area contributed by atoms with E-state index in [9.17, 15) is 19.8 Å². The Balaban J connectivity index is 3.14. The molecule has 5 N–H and O–H groups in total. The largest absolute Gasteiger partial charge is 0.496 e. The van der Waals surface area contributed by atoms with Crippen LogP contribution in [0.1, 0.15) is 17.2 Å². The molecule has 1 amide bonds. The molecule has 0 bridgehead atoms. The van der Waals surface area contributed by atoms with Crippen molar-refractivity contribution in [3.63, 3.8) is 0 Å². The molecule has 7 heteroatoms. The van der Waals surface area contributed by atoms with Gasteiger partial charge in [0.05, 0.1) is 13.5 Å². The van der Waals surface area contributed by atoms with Crippen molar-refractivity contribution in [2.75, 3.05) is 7.11 Å². The summed E-state index contributed by atoms with van der Waals surface area (Å²) in [7, 11) is 1.35. The van der Waals surface area contributed by atoms with Crippen LogP contribution in [-0.2, 0) is 16.0 Å². The molecule has 7 nitrogen and oxygen atoms in total. The Hall–Kier alpha value is -2.12. The van der Waals surface area contributed by atoms with Gasteiger partial charge >= 0.3 is 5.97 Å². The van der Waals surface area contributed by atoms with E-state index >= 15 is 0 Å². The van der Waals surface area contributed by atoms with Crippen LogP contribution >= 0.6 is 0 Å². The van der Waals surface area contributed by atoms with Crippen molar-refractivity contribution in [3.8, 4) is 5.75 Å². The van der Waals surface area contributed by atoms with E-state index in [1.807, 2.05) is 0 Å². The number of amides is 1. The number of aliphatic hydroxyl groups is 2. The predicted octanol–water partition coefficient (Wildman–Crippen LogP) is -0.798. The third-order valence-electron chi connectivity index (χ3n) is 2.56. The van der Waals surface area contributed by atoms with Crippen molar-refractivity contribution in [2.45, 2.75) is 18.6 Å². The SMILES string of the molecule is COc1ccc(CC(=O)O)cc1C(O)C(O)C(N)=O. The van der Waals surface area contributed by atoms with E-state index in [2.05, 4.69) is 0 Å². The fourth-order valence-corrected chi connectivity index (χ4v) is 1.63. The highest BCUT2D eigenvalue weighted by molar-refractivity contribution is 5.79. The molecule has 0 aliphatic rings. The minimum absolute atomic E-state index is 0.104. The topological polar surface area (TPSA) is 130 Å². The molecule has 2 atom stereocenters. The van der Waals surface area contributed by atoms with Gasteiger partial charge in [-0.3, -0.25) is 9.59 Å². The van der Waals surface area contributed by atoms with Crippen molar-refractivity contribution in [1.82, 2.24) is 0 Å². The Morgan fingerprint density at radius 1 is 1.37 bits per heavy atom. The highest BCUT2D eigenvalue weighted by Gasteiger charge is 2.26. The summed E-state index contributed by atoms with van der Waals surface area (Å²) in [5.41, 5.74) is 5.41. The maximum absolute atomic E-state index is 10.9. The molecular formula is C12H15NO6. The molecular weight excluding hydrogens is 254 g/mol. The smallest absolute Gasteiger partial charge is 0.307 e. The molecule has 1 aromatic carbocycles. The van der Waals surface area contributed by atoms with E-state index in [4.69, 9.17) is 15.6 Å². The summed E-state index contributed by atoms with van der Waals surface area (Å²) in [6.07, 6.45) is -3.63. The van der Waals surface area contributed by atoms with Crippen LogP contribution in [0.5, 0.6) is 5.75 Å². The predicted molar refractivity (Wildman–Crippen MR) is 64.5 cm³/mol. The van der Waals surface area contributed by atoms with Crippen molar-refractivity contribution >= 4 is 11.9 Å². The molecule has 0 aliphatic carbocycles. The average molecular weight is 269 g/mol. The van der Waals surface area contributed by atoms with Gasteiger partial charge in [-0.05, 0) is 17.7 Å². The normalized spacial score (nSPS) is 13.6. The molecule has 0 aromatic heterocycles. The number of carboxylic acids is 1. The number of hydrogen-bond donors (Lipinski definition) is 4. The molecule has 0 saturated carbocycles. The maximum atomic E-state index is 10.9. The van der Waals surface area contributed by atoms with Crippen LogP contribution in [0.25, 0.3) is 0 Å². The van der Waals surface area contributed by atoms with Crippen molar-refractivity contribution in [2.24, 2.45) is 5.73 Å². The molecule has 0 fully saturated rings. The van der Waals surface area contributed by atoms with Crippen molar-refractivity contribution in [3.05, 3.63) is 29.3 Å². The fourth-order valence-electron chi connectivity index (χ4n) is 1.63. The summed E-state index contributed by atoms with van der Waals surface area (Å²) in [6, 6.07) is 4.31. The average Bonchev–Trinajstić information content (AvgIpc) is 2.36. The number of rotatable bonds is 6. The standard InChI is InChI=1S/C12H15NO6/c1-19-8-3-2-6(5-9(14)15)4-7(8)10(16)11(17)12(13)18/h2-4,10-11,16-17H,5H2,1H3,(H2,13,18)(H,14,15). The Morgan fingerprint density at radius 3 is 2.47 bits per heavy atom. The number of ether oxygens (including phenoxy) is 1. The lowest BCUT2D eigenvalue weighted by Gasteiger charge is -2.18. The van der Waals surface area contributed by atoms with Gasteiger partial charge in [-0.25, -0.2) is 0 Å². The van der Waals surface area contributed by atoms with Gasteiger partial charge in [-0.2, -0.15) is 0 Å². The first-order valence-electron chi connectivity index (χ1n) is 5.41. The second-order valence-corrected chi connectivity index (χ2v) is 3.94. The van der Waals surface area contributed by atoms with E-state index in [1.165, 1.54) is 25.3 Å².